The first kappa shape index (κ1) is 13.2. The first-order valence-corrected chi connectivity index (χ1v) is 6.99. The second kappa shape index (κ2) is 5.20. The third kappa shape index (κ3) is 3.92. The molecule has 0 spiro atoms. The molecular formula is C13H20N4S. The fourth-order valence-corrected chi connectivity index (χ4v) is 2.32. The molecule has 2 rings (SSSR count). The molecule has 2 heterocycles. The van der Waals surface area contributed by atoms with E-state index in [-0.39, 0.29) is 5.54 Å². The summed E-state index contributed by atoms with van der Waals surface area (Å²) in [6.45, 7) is 10.0. The van der Waals surface area contributed by atoms with Crippen molar-refractivity contribution in [1.29, 1.82) is 0 Å². The summed E-state index contributed by atoms with van der Waals surface area (Å²) in [5.41, 5.74) is 2.27. The molecule has 0 saturated heterocycles. The third-order valence-corrected chi connectivity index (χ3v) is 3.41. The van der Waals surface area contributed by atoms with Gasteiger partial charge in [0, 0.05) is 29.4 Å². The van der Waals surface area contributed by atoms with E-state index in [0.717, 1.165) is 29.5 Å². The molecule has 0 bridgehead atoms. The minimum atomic E-state index is 0.121. The number of nitrogens with one attached hydrogen (secondary N) is 1. The fraction of sp³-hybridized carbons (Fsp3) is 0.538. The van der Waals surface area contributed by atoms with Crippen LogP contribution in [0.15, 0.2) is 17.6 Å². The Labute approximate surface area is 112 Å². The van der Waals surface area contributed by atoms with E-state index in [9.17, 15) is 0 Å². The SMILES string of the molecule is Cc1csc(Cn2ccc(CNC(C)(C)C)n2)n1. The number of hydrogen-bond donors (Lipinski definition) is 1. The van der Waals surface area contributed by atoms with Crippen LogP contribution in [0.4, 0.5) is 0 Å². The van der Waals surface area contributed by atoms with Gasteiger partial charge in [-0.05, 0) is 33.8 Å². The Morgan fingerprint density at radius 1 is 1.39 bits per heavy atom. The highest BCUT2D eigenvalue weighted by atomic mass is 32.1. The van der Waals surface area contributed by atoms with E-state index < -0.39 is 0 Å². The summed E-state index contributed by atoms with van der Waals surface area (Å²) in [6, 6.07) is 2.05. The van der Waals surface area contributed by atoms with Gasteiger partial charge >= 0.3 is 0 Å². The number of rotatable bonds is 4. The molecule has 98 valence electrons. The van der Waals surface area contributed by atoms with Gasteiger partial charge in [-0.3, -0.25) is 4.68 Å². The van der Waals surface area contributed by atoms with Crippen LogP contribution >= 0.6 is 11.3 Å². The molecule has 0 radical (unpaired) electrons. The van der Waals surface area contributed by atoms with Crippen molar-refractivity contribution in [3.05, 3.63) is 34.0 Å². The number of nitrogens with zero attached hydrogens (tertiary/aromatic N) is 3. The molecule has 2 aromatic heterocycles. The molecule has 0 saturated carbocycles. The lowest BCUT2D eigenvalue weighted by Crippen LogP contribution is -2.35. The first-order chi connectivity index (χ1) is 8.42. The molecule has 0 aliphatic carbocycles. The van der Waals surface area contributed by atoms with Crippen molar-refractivity contribution >= 4 is 11.3 Å². The maximum atomic E-state index is 4.54. The zero-order chi connectivity index (χ0) is 13.2. The largest absolute Gasteiger partial charge is 0.306 e. The van der Waals surface area contributed by atoms with Crippen LogP contribution in [0.5, 0.6) is 0 Å². The van der Waals surface area contributed by atoms with Gasteiger partial charge in [0.1, 0.15) is 5.01 Å². The van der Waals surface area contributed by atoms with E-state index in [0.29, 0.717) is 0 Å². The Bertz CT molecular complexity index is 507. The summed E-state index contributed by atoms with van der Waals surface area (Å²) < 4.78 is 1.94. The van der Waals surface area contributed by atoms with Crippen LogP contribution < -0.4 is 5.32 Å². The van der Waals surface area contributed by atoms with Gasteiger partial charge in [0.25, 0.3) is 0 Å². The Kier molecular flexibility index (Phi) is 3.82. The normalized spacial score (nSPS) is 12.0. The van der Waals surface area contributed by atoms with E-state index in [4.69, 9.17) is 0 Å². The molecule has 18 heavy (non-hydrogen) atoms. The van der Waals surface area contributed by atoms with E-state index >= 15 is 0 Å². The molecule has 0 amide bonds. The highest BCUT2D eigenvalue weighted by Gasteiger charge is 2.09. The Morgan fingerprint density at radius 2 is 2.17 bits per heavy atom. The minimum absolute atomic E-state index is 0.121. The molecule has 0 unspecified atom stereocenters. The molecule has 0 fully saturated rings. The van der Waals surface area contributed by atoms with Gasteiger partial charge in [-0.25, -0.2) is 4.98 Å². The Balaban J connectivity index is 1.94. The van der Waals surface area contributed by atoms with E-state index in [1.807, 2.05) is 17.8 Å². The van der Waals surface area contributed by atoms with Crippen LogP contribution in [0.1, 0.15) is 37.2 Å². The van der Waals surface area contributed by atoms with Gasteiger partial charge in [0.05, 0.1) is 12.2 Å². The summed E-state index contributed by atoms with van der Waals surface area (Å²) in [5.74, 6) is 0. The van der Waals surface area contributed by atoms with Gasteiger partial charge in [-0.2, -0.15) is 5.10 Å². The summed E-state index contributed by atoms with van der Waals surface area (Å²) in [4.78, 5) is 4.44. The number of thiazole rings is 1. The highest BCUT2D eigenvalue weighted by Crippen LogP contribution is 2.10. The van der Waals surface area contributed by atoms with Gasteiger partial charge in [0.2, 0.25) is 0 Å². The van der Waals surface area contributed by atoms with E-state index in [1.54, 1.807) is 11.3 Å². The average Bonchev–Trinajstić information content (AvgIpc) is 2.85. The average molecular weight is 264 g/mol. The molecule has 0 atom stereocenters. The summed E-state index contributed by atoms with van der Waals surface area (Å²) in [5, 5.41) is 11.1. The number of aryl methyl sites for hydroxylation is 1. The van der Waals surface area contributed by atoms with Crippen LogP contribution in [0.25, 0.3) is 0 Å². The van der Waals surface area contributed by atoms with Crippen molar-refractivity contribution in [2.45, 2.75) is 46.3 Å². The predicted octanol–water partition coefficient (Wildman–Crippen LogP) is 2.58. The van der Waals surface area contributed by atoms with E-state index in [2.05, 4.69) is 47.6 Å². The third-order valence-electron chi connectivity index (χ3n) is 2.46. The predicted molar refractivity (Wildman–Crippen MR) is 74.8 cm³/mol. The topological polar surface area (TPSA) is 42.7 Å². The molecule has 0 aliphatic heterocycles. The van der Waals surface area contributed by atoms with Crippen LogP contribution in [0, 0.1) is 6.92 Å². The van der Waals surface area contributed by atoms with Crippen molar-refractivity contribution in [2.75, 3.05) is 0 Å². The lowest BCUT2D eigenvalue weighted by molar-refractivity contribution is 0.419. The van der Waals surface area contributed by atoms with Crippen LogP contribution in [0.3, 0.4) is 0 Å². The zero-order valence-corrected chi connectivity index (χ0v) is 12.2. The first-order valence-electron chi connectivity index (χ1n) is 6.11. The maximum absolute atomic E-state index is 4.54. The zero-order valence-electron chi connectivity index (χ0n) is 11.4. The van der Waals surface area contributed by atoms with Gasteiger partial charge in [-0.1, -0.05) is 0 Å². The van der Waals surface area contributed by atoms with E-state index in [1.165, 1.54) is 0 Å². The fourth-order valence-electron chi connectivity index (χ4n) is 1.56. The molecule has 0 aliphatic rings. The summed E-state index contributed by atoms with van der Waals surface area (Å²) >= 11 is 1.68. The smallest absolute Gasteiger partial charge is 0.114 e. The van der Waals surface area contributed by atoms with Gasteiger partial charge < -0.3 is 5.32 Å². The van der Waals surface area contributed by atoms with Gasteiger partial charge in [-0.15, -0.1) is 11.3 Å². The Morgan fingerprint density at radius 3 is 2.78 bits per heavy atom. The van der Waals surface area contributed by atoms with Crippen LogP contribution in [0.2, 0.25) is 0 Å². The molecule has 4 nitrogen and oxygen atoms in total. The Hall–Kier alpha value is -1.20. The van der Waals surface area contributed by atoms with Crippen LogP contribution in [-0.2, 0) is 13.1 Å². The maximum Gasteiger partial charge on any atom is 0.114 e. The monoisotopic (exact) mass is 264 g/mol. The van der Waals surface area contributed by atoms with Crippen LogP contribution in [-0.4, -0.2) is 20.3 Å². The number of hydrogen-bond acceptors (Lipinski definition) is 4. The lowest BCUT2D eigenvalue weighted by Gasteiger charge is -2.19. The lowest BCUT2D eigenvalue weighted by atomic mass is 10.1. The molecule has 5 heteroatoms. The minimum Gasteiger partial charge on any atom is -0.306 e. The summed E-state index contributed by atoms with van der Waals surface area (Å²) in [7, 11) is 0. The number of aromatic nitrogens is 3. The molecule has 2 aromatic rings. The van der Waals surface area contributed by atoms with Crippen molar-refractivity contribution in [2.24, 2.45) is 0 Å². The summed E-state index contributed by atoms with van der Waals surface area (Å²) in [6.07, 6.45) is 2.01. The van der Waals surface area contributed by atoms with Crippen molar-refractivity contribution in [1.82, 2.24) is 20.1 Å². The quantitative estimate of drug-likeness (QED) is 0.923. The van der Waals surface area contributed by atoms with Crippen molar-refractivity contribution < 1.29 is 0 Å². The molecular weight excluding hydrogens is 244 g/mol. The standard InChI is InChI=1S/C13H20N4S/c1-10-9-18-12(15-10)8-17-6-5-11(16-17)7-14-13(2,3)4/h5-6,9,14H,7-8H2,1-4H3. The van der Waals surface area contributed by atoms with Gasteiger partial charge in [0.15, 0.2) is 0 Å². The highest BCUT2D eigenvalue weighted by molar-refractivity contribution is 7.09. The molecule has 0 aromatic carbocycles. The second-order valence-electron chi connectivity index (χ2n) is 5.49. The molecule has 1 N–H and O–H groups in total. The van der Waals surface area contributed by atoms with Crippen molar-refractivity contribution in [3.63, 3.8) is 0 Å². The second-order valence-corrected chi connectivity index (χ2v) is 6.43. The van der Waals surface area contributed by atoms with Crippen molar-refractivity contribution in [3.8, 4) is 0 Å².